The molecule has 0 bridgehead atoms. The molecule has 0 aliphatic rings. The fourth-order valence-corrected chi connectivity index (χ4v) is 1.07. The maximum atomic E-state index is 9.39. The van der Waals surface area contributed by atoms with Crippen molar-refractivity contribution >= 4 is 0 Å². The van der Waals surface area contributed by atoms with Crippen molar-refractivity contribution in [2.45, 2.75) is 6.92 Å². The monoisotopic (exact) mass is 188 g/mol. The van der Waals surface area contributed by atoms with Crippen molar-refractivity contribution in [3.8, 4) is 23.6 Å². The number of nitriles is 2. The highest BCUT2D eigenvalue weighted by Crippen LogP contribution is 2.31. The summed E-state index contributed by atoms with van der Waals surface area (Å²) < 4.78 is 5.08. The highest BCUT2D eigenvalue weighted by atomic mass is 16.5. The van der Waals surface area contributed by atoms with E-state index >= 15 is 0 Å². The standard InChI is InChI=1S/C10H8N2O2/c1-2-14-10-8(6-12)7(5-11)3-4-9(10)13/h3-4,13H,2H2,1H3. The van der Waals surface area contributed by atoms with Gasteiger partial charge in [0.25, 0.3) is 0 Å². The number of phenolic OH excluding ortho intramolecular Hbond substituents is 1. The minimum atomic E-state index is -0.123. The van der Waals surface area contributed by atoms with Crippen LogP contribution in [0.2, 0.25) is 0 Å². The molecule has 4 heteroatoms. The molecule has 4 nitrogen and oxygen atoms in total. The third kappa shape index (κ3) is 1.60. The van der Waals surface area contributed by atoms with Crippen molar-refractivity contribution in [2.24, 2.45) is 0 Å². The Labute approximate surface area is 81.6 Å². The molecule has 0 saturated heterocycles. The van der Waals surface area contributed by atoms with E-state index in [0.29, 0.717) is 6.61 Å². The lowest BCUT2D eigenvalue weighted by atomic mass is 10.1. The van der Waals surface area contributed by atoms with E-state index in [0.717, 1.165) is 0 Å². The average molecular weight is 188 g/mol. The van der Waals surface area contributed by atoms with Crippen molar-refractivity contribution < 1.29 is 9.84 Å². The van der Waals surface area contributed by atoms with Crippen LogP contribution in [0.5, 0.6) is 11.5 Å². The quantitative estimate of drug-likeness (QED) is 0.763. The fourth-order valence-electron chi connectivity index (χ4n) is 1.07. The van der Waals surface area contributed by atoms with Crippen LogP contribution in [-0.2, 0) is 0 Å². The summed E-state index contributed by atoms with van der Waals surface area (Å²) in [5, 5.41) is 26.9. The highest BCUT2D eigenvalue weighted by Gasteiger charge is 2.13. The summed E-state index contributed by atoms with van der Waals surface area (Å²) in [6, 6.07) is 6.42. The van der Waals surface area contributed by atoms with E-state index in [1.807, 2.05) is 12.1 Å². The molecule has 14 heavy (non-hydrogen) atoms. The molecule has 0 heterocycles. The molecular formula is C10H8N2O2. The van der Waals surface area contributed by atoms with Crippen LogP contribution in [-0.4, -0.2) is 11.7 Å². The number of ether oxygens (including phenoxy) is 1. The molecule has 0 radical (unpaired) electrons. The molecule has 1 N–H and O–H groups in total. The molecule has 0 spiro atoms. The van der Waals surface area contributed by atoms with Gasteiger partial charge >= 0.3 is 0 Å². The number of benzene rings is 1. The molecule has 0 amide bonds. The van der Waals surface area contributed by atoms with Gasteiger partial charge < -0.3 is 9.84 Å². The first-order valence-corrected chi connectivity index (χ1v) is 4.03. The molecule has 70 valence electrons. The Morgan fingerprint density at radius 3 is 2.57 bits per heavy atom. The number of nitrogens with zero attached hydrogens (tertiary/aromatic N) is 2. The van der Waals surface area contributed by atoms with Crippen LogP contribution in [0, 0.1) is 22.7 Å². The number of aromatic hydroxyl groups is 1. The zero-order valence-corrected chi connectivity index (χ0v) is 7.61. The van der Waals surface area contributed by atoms with E-state index in [1.54, 1.807) is 6.92 Å². The van der Waals surface area contributed by atoms with E-state index in [4.69, 9.17) is 15.3 Å². The van der Waals surface area contributed by atoms with Crippen LogP contribution in [0.4, 0.5) is 0 Å². The molecule has 0 saturated carbocycles. The lowest BCUT2D eigenvalue weighted by Crippen LogP contribution is -1.96. The second kappa shape index (κ2) is 4.15. The van der Waals surface area contributed by atoms with Crippen molar-refractivity contribution in [3.05, 3.63) is 23.3 Å². The first kappa shape index (κ1) is 9.88. The smallest absolute Gasteiger partial charge is 0.180 e. The van der Waals surface area contributed by atoms with E-state index in [9.17, 15) is 5.11 Å². The maximum absolute atomic E-state index is 9.39. The van der Waals surface area contributed by atoms with Crippen LogP contribution in [0.15, 0.2) is 12.1 Å². The number of phenols is 1. The summed E-state index contributed by atoms with van der Waals surface area (Å²) in [4.78, 5) is 0. The Morgan fingerprint density at radius 2 is 2.07 bits per heavy atom. The molecule has 1 rings (SSSR count). The third-order valence-electron chi connectivity index (χ3n) is 1.66. The molecule has 1 aromatic rings. The van der Waals surface area contributed by atoms with Gasteiger partial charge in [-0.2, -0.15) is 10.5 Å². The van der Waals surface area contributed by atoms with Gasteiger partial charge in [-0.3, -0.25) is 0 Å². The van der Waals surface area contributed by atoms with E-state index in [1.165, 1.54) is 12.1 Å². The van der Waals surface area contributed by atoms with E-state index in [-0.39, 0.29) is 22.6 Å². The number of hydrogen-bond acceptors (Lipinski definition) is 4. The molecule has 0 aromatic heterocycles. The van der Waals surface area contributed by atoms with Crippen molar-refractivity contribution in [2.75, 3.05) is 6.61 Å². The maximum Gasteiger partial charge on any atom is 0.180 e. The Hall–Kier alpha value is -2.20. The van der Waals surface area contributed by atoms with Crippen molar-refractivity contribution in [1.82, 2.24) is 0 Å². The van der Waals surface area contributed by atoms with Crippen LogP contribution < -0.4 is 4.74 Å². The summed E-state index contributed by atoms with van der Waals surface area (Å²) in [7, 11) is 0. The Balaban J connectivity index is 3.39. The minimum Gasteiger partial charge on any atom is -0.504 e. The second-order valence-corrected chi connectivity index (χ2v) is 2.49. The predicted molar refractivity (Wildman–Crippen MR) is 48.7 cm³/mol. The highest BCUT2D eigenvalue weighted by molar-refractivity contribution is 5.59. The van der Waals surface area contributed by atoms with Crippen molar-refractivity contribution in [3.63, 3.8) is 0 Å². The number of rotatable bonds is 2. The SMILES string of the molecule is CCOc1c(O)ccc(C#N)c1C#N. The second-order valence-electron chi connectivity index (χ2n) is 2.49. The van der Waals surface area contributed by atoms with Gasteiger partial charge in [-0.1, -0.05) is 0 Å². The largest absolute Gasteiger partial charge is 0.504 e. The van der Waals surface area contributed by atoms with Gasteiger partial charge in [0.05, 0.1) is 12.2 Å². The first-order valence-electron chi connectivity index (χ1n) is 4.03. The van der Waals surface area contributed by atoms with E-state index in [2.05, 4.69) is 0 Å². The normalized spacial score (nSPS) is 8.79. The zero-order valence-electron chi connectivity index (χ0n) is 7.61. The minimum absolute atomic E-state index is 0.0778. The van der Waals surface area contributed by atoms with Crippen LogP contribution >= 0.6 is 0 Å². The molecule has 1 aromatic carbocycles. The van der Waals surface area contributed by atoms with Gasteiger partial charge in [-0.25, -0.2) is 0 Å². The molecule has 0 aliphatic heterocycles. The lowest BCUT2D eigenvalue weighted by molar-refractivity contribution is 0.317. The van der Waals surface area contributed by atoms with Gasteiger partial charge in [-0.05, 0) is 19.1 Å². The summed E-state index contributed by atoms with van der Waals surface area (Å²) in [6.45, 7) is 2.07. The van der Waals surface area contributed by atoms with Gasteiger partial charge in [0.15, 0.2) is 11.5 Å². The summed E-state index contributed by atoms with van der Waals surface area (Å²) in [6.07, 6.45) is 0. The average Bonchev–Trinajstić information content (AvgIpc) is 2.21. The summed E-state index contributed by atoms with van der Waals surface area (Å²) in [5.74, 6) is -0.0450. The lowest BCUT2D eigenvalue weighted by Gasteiger charge is -2.07. The molecule has 0 fully saturated rings. The topological polar surface area (TPSA) is 77.0 Å². The fraction of sp³-hybridized carbons (Fsp3) is 0.200. The van der Waals surface area contributed by atoms with Crippen LogP contribution in [0.25, 0.3) is 0 Å². The molecule has 0 atom stereocenters. The molecule has 0 unspecified atom stereocenters. The molecule has 0 aliphatic carbocycles. The van der Waals surface area contributed by atoms with Crippen molar-refractivity contribution in [1.29, 1.82) is 10.5 Å². The third-order valence-corrected chi connectivity index (χ3v) is 1.66. The Morgan fingerprint density at radius 1 is 1.36 bits per heavy atom. The summed E-state index contributed by atoms with van der Waals surface area (Å²) in [5.41, 5.74) is 0.281. The van der Waals surface area contributed by atoms with E-state index < -0.39 is 0 Å². The van der Waals surface area contributed by atoms with Gasteiger partial charge in [-0.15, -0.1) is 0 Å². The van der Waals surface area contributed by atoms with Crippen LogP contribution in [0.3, 0.4) is 0 Å². The summed E-state index contributed by atoms with van der Waals surface area (Å²) >= 11 is 0. The van der Waals surface area contributed by atoms with Gasteiger partial charge in [0.1, 0.15) is 17.7 Å². The Bertz CT molecular complexity index is 427. The van der Waals surface area contributed by atoms with Gasteiger partial charge in [0.2, 0.25) is 0 Å². The predicted octanol–water partition coefficient (Wildman–Crippen LogP) is 1.53. The van der Waals surface area contributed by atoms with Crippen LogP contribution in [0.1, 0.15) is 18.1 Å². The first-order chi connectivity index (χ1) is 6.74. The molecular weight excluding hydrogens is 180 g/mol. The number of hydrogen-bond donors (Lipinski definition) is 1. The Kier molecular flexibility index (Phi) is 2.93. The zero-order chi connectivity index (χ0) is 10.6. The van der Waals surface area contributed by atoms with Gasteiger partial charge in [0, 0.05) is 0 Å².